The lowest BCUT2D eigenvalue weighted by atomic mass is 10.1. The highest BCUT2D eigenvalue weighted by Gasteiger charge is 2.25. The smallest absolute Gasteiger partial charge is 0.266 e. The van der Waals surface area contributed by atoms with Gasteiger partial charge in [0.15, 0.2) is 12.4 Å². The summed E-state index contributed by atoms with van der Waals surface area (Å²) in [6.07, 6.45) is 2.83. The molecule has 5 aromatic rings. The summed E-state index contributed by atoms with van der Waals surface area (Å²) in [5.41, 5.74) is 1.10. The molecule has 1 aliphatic rings. The van der Waals surface area contributed by atoms with Crippen LogP contribution < -0.4 is 15.0 Å². The van der Waals surface area contributed by atoms with Crippen LogP contribution >= 0.6 is 11.6 Å². The Labute approximate surface area is 276 Å². The molecular formula is C34H34ClN7O5. The summed E-state index contributed by atoms with van der Waals surface area (Å²) in [6, 6.07) is 19.1. The van der Waals surface area contributed by atoms with Gasteiger partial charge < -0.3 is 14.4 Å². The highest BCUT2D eigenvalue weighted by atomic mass is 35.5. The molecule has 13 heteroatoms. The number of Topliss-reactive ketones (excluding diaryl/α,β-unsaturated/α-hetero) is 1. The van der Waals surface area contributed by atoms with Gasteiger partial charge in [0.1, 0.15) is 23.9 Å². The molecule has 0 aliphatic carbocycles. The Bertz CT molecular complexity index is 1940. The van der Waals surface area contributed by atoms with Crippen LogP contribution in [-0.4, -0.2) is 84.9 Å². The number of nitrogens with zero attached hydrogens (tertiary/aromatic N) is 7. The number of halogens is 1. The van der Waals surface area contributed by atoms with E-state index in [1.54, 1.807) is 64.1 Å². The number of carbonyl (C=O) groups is 2. The van der Waals surface area contributed by atoms with E-state index in [9.17, 15) is 14.4 Å². The Balaban J connectivity index is 1.27. The number of fused-ring (bicyclic) bond motifs is 1. The molecule has 0 bridgehead atoms. The van der Waals surface area contributed by atoms with Crippen LogP contribution in [0.3, 0.4) is 0 Å². The van der Waals surface area contributed by atoms with Crippen LogP contribution in [0.4, 0.5) is 0 Å². The molecule has 1 saturated heterocycles. The van der Waals surface area contributed by atoms with E-state index in [1.165, 1.54) is 17.2 Å². The number of para-hydroxylation sites is 1. The second kappa shape index (κ2) is 14.1. The maximum Gasteiger partial charge on any atom is 0.266 e. The van der Waals surface area contributed by atoms with E-state index in [2.05, 4.69) is 15.1 Å². The number of hydrogen-bond acceptors (Lipinski definition) is 9. The molecule has 2 aromatic heterocycles. The maximum atomic E-state index is 14.2. The Kier molecular flexibility index (Phi) is 9.60. The first-order chi connectivity index (χ1) is 22.7. The van der Waals surface area contributed by atoms with Crippen molar-refractivity contribution in [1.82, 2.24) is 34.3 Å². The summed E-state index contributed by atoms with van der Waals surface area (Å²) in [7, 11) is 0. The molecule has 242 valence electrons. The van der Waals surface area contributed by atoms with Gasteiger partial charge in [0.25, 0.3) is 11.5 Å². The number of benzene rings is 3. The van der Waals surface area contributed by atoms with Gasteiger partial charge in [-0.3, -0.25) is 23.9 Å². The molecule has 1 fully saturated rings. The lowest BCUT2D eigenvalue weighted by Crippen LogP contribution is -2.50. The second-order valence-electron chi connectivity index (χ2n) is 11.4. The van der Waals surface area contributed by atoms with Crippen molar-refractivity contribution in [2.24, 2.45) is 0 Å². The van der Waals surface area contributed by atoms with Crippen LogP contribution in [0.2, 0.25) is 5.02 Å². The van der Waals surface area contributed by atoms with Crippen LogP contribution in [0, 0.1) is 0 Å². The number of aromatic nitrogens is 5. The van der Waals surface area contributed by atoms with Gasteiger partial charge in [0.05, 0.1) is 41.6 Å². The maximum absolute atomic E-state index is 14.2. The van der Waals surface area contributed by atoms with Crippen molar-refractivity contribution >= 4 is 34.2 Å². The SMILES string of the molecule is CC(C)Oc1ccc(C(=O)Cn2nccn2)cc1-n1c(CN2CCN(C(=O)COc3ccc(Cl)cc3)CC2)nc2ccccc2c1=O. The van der Waals surface area contributed by atoms with Gasteiger partial charge in [-0.2, -0.15) is 15.0 Å². The van der Waals surface area contributed by atoms with E-state index >= 15 is 0 Å². The largest absolute Gasteiger partial charge is 0.489 e. The Morgan fingerprint density at radius 1 is 0.936 bits per heavy atom. The molecule has 3 aromatic carbocycles. The molecule has 47 heavy (non-hydrogen) atoms. The second-order valence-corrected chi connectivity index (χ2v) is 11.9. The molecule has 0 atom stereocenters. The molecule has 0 radical (unpaired) electrons. The minimum atomic E-state index is -0.272. The minimum absolute atomic E-state index is 0.0533. The molecule has 0 unspecified atom stereocenters. The van der Waals surface area contributed by atoms with E-state index in [1.807, 2.05) is 26.0 Å². The first kappa shape index (κ1) is 31.9. The summed E-state index contributed by atoms with van der Waals surface area (Å²) in [5, 5.41) is 9.13. The van der Waals surface area contributed by atoms with E-state index in [4.69, 9.17) is 26.1 Å². The fraction of sp³-hybridized carbons (Fsp3) is 0.294. The molecule has 1 aliphatic heterocycles. The predicted molar refractivity (Wildman–Crippen MR) is 176 cm³/mol. The topological polar surface area (TPSA) is 125 Å². The minimum Gasteiger partial charge on any atom is -0.489 e. The summed E-state index contributed by atoms with van der Waals surface area (Å²) in [6.45, 7) is 6.13. The number of carbonyl (C=O) groups excluding carboxylic acids is 2. The monoisotopic (exact) mass is 655 g/mol. The number of piperazine rings is 1. The average Bonchev–Trinajstić information content (AvgIpc) is 3.58. The lowest BCUT2D eigenvalue weighted by Gasteiger charge is -2.34. The zero-order chi connectivity index (χ0) is 32.9. The van der Waals surface area contributed by atoms with Crippen molar-refractivity contribution in [3.63, 3.8) is 0 Å². The molecular weight excluding hydrogens is 622 g/mol. The third-order valence-electron chi connectivity index (χ3n) is 7.75. The first-order valence-corrected chi connectivity index (χ1v) is 15.7. The molecule has 6 rings (SSSR count). The third-order valence-corrected chi connectivity index (χ3v) is 8.00. The average molecular weight is 656 g/mol. The van der Waals surface area contributed by atoms with Crippen LogP contribution in [-0.2, 0) is 17.9 Å². The van der Waals surface area contributed by atoms with Gasteiger partial charge in [0, 0.05) is 36.8 Å². The third kappa shape index (κ3) is 7.50. The number of rotatable bonds is 11. The fourth-order valence-electron chi connectivity index (χ4n) is 5.42. The first-order valence-electron chi connectivity index (χ1n) is 15.3. The van der Waals surface area contributed by atoms with Gasteiger partial charge in [-0.15, -0.1) is 0 Å². The van der Waals surface area contributed by atoms with Gasteiger partial charge in [0.2, 0.25) is 0 Å². The van der Waals surface area contributed by atoms with E-state index in [-0.39, 0.29) is 36.5 Å². The van der Waals surface area contributed by atoms with E-state index in [0.717, 1.165) is 0 Å². The summed E-state index contributed by atoms with van der Waals surface area (Å²) >= 11 is 5.94. The van der Waals surface area contributed by atoms with Crippen molar-refractivity contribution < 1.29 is 19.1 Å². The summed E-state index contributed by atoms with van der Waals surface area (Å²) in [5.74, 6) is 1.19. The standard InChI is InChI=1S/C34H34ClN7O5/c1-23(2)47-31-12-7-24(30(43)20-41-36-13-14-37-41)19-29(31)42-32(38-28-6-4-3-5-27(28)34(42)45)21-39-15-17-40(18-16-39)33(44)22-46-26-10-8-25(35)9-11-26/h3-14,19,23H,15-18,20-22H2,1-2H3. The Morgan fingerprint density at radius 3 is 2.38 bits per heavy atom. The van der Waals surface area contributed by atoms with E-state index < -0.39 is 0 Å². The van der Waals surface area contributed by atoms with Gasteiger partial charge >= 0.3 is 0 Å². The summed E-state index contributed by atoms with van der Waals surface area (Å²) < 4.78 is 13.3. The van der Waals surface area contributed by atoms with Crippen LogP contribution in [0.15, 0.2) is 83.9 Å². The Morgan fingerprint density at radius 2 is 1.66 bits per heavy atom. The predicted octanol–water partition coefficient (Wildman–Crippen LogP) is 4.02. The van der Waals surface area contributed by atoms with Crippen LogP contribution in [0.25, 0.3) is 16.6 Å². The van der Waals surface area contributed by atoms with Crippen LogP contribution in [0.5, 0.6) is 11.5 Å². The number of ether oxygens (including phenoxy) is 2. The van der Waals surface area contributed by atoms with Gasteiger partial charge in [-0.05, 0) is 68.4 Å². The van der Waals surface area contributed by atoms with Gasteiger partial charge in [-0.25, -0.2) is 4.98 Å². The number of hydrogen-bond donors (Lipinski definition) is 0. The Hall–Kier alpha value is -5.07. The highest BCUT2D eigenvalue weighted by Crippen LogP contribution is 2.27. The molecule has 12 nitrogen and oxygen atoms in total. The molecule has 0 N–H and O–H groups in total. The molecule has 0 saturated carbocycles. The zero-order valence-electron chi connectivity index (χ0n) is 26.1. The molecule has 1 amide bonds. The van der Waals surface area contributed by atoms with Crippen molar-refractivity contribution in [3.8, 4) is 17.2 Å². The van der Waals surface area contributed by atoms with Crippen molar-refractivity contribution in [1.29, 1.82) is 0 Å². The quantitative estimate of drug-likeness (QED) is 0.194. The number of amides is 1. The van der Waals surface area contributed by atoms with Crippen molar-refractivity contribution in [3.05, 3.63) is 106 Å². The zero-order valence-corrected chi connectivity index (χ0v) is 26.8. The van der Waals surface area contributed by atoms with E-state index in [0.29, 0.717) is 77.2 Å². The normalized spacial score (nSPS) is 13.7. The fourth-order valence-corrected chi connectivity index (χ4v) is 5.55. The van der Waals surface area contributed by atoms with Crippen LogP contribution in [0.1, 0.15) is 30.0 Å². The van der Waals surface area contributed by atoms with Crippen molar-refractivity contribution in [2.45, 2.75) is 33.0 Å². The summed E-state index contributed by atoms with van der Waals surface area (Å²) in [4.78, 5) is 50.5. The highest BCUT2D eigenvalue weighted by molar-refractivity contribution is 6.30. The lowest BCUT2D eigenvalue weighted by molar-refractivity contribution is -0.135. The molecule has 0 spiro atoms. The van der Waals surface area contributed by atoms with Crippen molar-refractivity contribution in [2.75, 3.05) is 32.8 Å². The number of ketones is 1. The van der Waals surface area contributed by atoms with Gasteiger partial charge in [-0.1, -0.05) is 23.7 Å². The molecule has 3 heterocycles.